The van der Waals surface area contributed by atoms with Gasteiger partial charge in [-0.25, -0.2) is 9.18 Å². The second kappa shape index (κ2) is 8.97. The number of benzene rings is 2. The minimum Gasteiger partial charge on any atom is -0.493 e. The van der Waals surface area contributed by atoms with Crippen molar-refractivity contribution in [3.8, 4) is 17.2 Å². The average molecular weight is 456 g/mol. The van der Waals surface area contributed by atoms with Gasteiger partial charge in [0.1, 0.15) is 17.2 Å². The summed E-state index contributed by atoms with van der Waals surface area (Å²) in [6.45, 7) is 0.799. The lowest BCUT2D eigenvalue weighted by molar-refractivity contribution is -0.115. The number of rotatable bonds is 5. The zero-order valence-corrected chi connectivity index (χ0v) is 18.6. The van der Waals surface area contributed by atoms with Gasteiger partial charge in [0.15, 0.2) is 11.5 Å². The fourth-order valence-corrected chi connectivity index (χ4v) is 4.04. The topological polar surface area (TPSA) is 101 Å². The third kappa shape index (κ3) is 4.41. The van der Waals surface area contributed by atoms with E-state index in [0.29, 0.717) is 54.4 Å². The summed E-state index contributed by atoms with van der Waals surface area (Å²) in [4.78, 5) is 31.6. The first kappa shape index (κ1) is 22.4. The van der Waals surface area contributed by atoms with Crippen molar-refractivity contribution in [3.05, 3.63) is 47.8 Å². The quantitative estimate of drug-likeness (QED) is 0.721. The number of anilines is 1. The molecule has 2 aliphatic rings. The molecule has 2 heterocycles. The molecular weight excluding hydrogens is 431 g/mol. The summed E-state index contributed by atoms with van der Waals surface area (Å²) < 4.78 is 29.2. The maximum Gasteiger partial charge on any atom is 0.321 e. The Balaban J connectivity index is 1.43. The molecule has 3 amide bonds. The Morgan fingerprint density at radius 1 is 1.06 bits per heavy atom. The van der Waals surface area contributed by atoms with E-state index < -0.39 is 5.66 Å². The highest BCUT2D eigenvalue weighted by Gasteiger charge is 2.43. The van der Waals surface area contributed by atoms with Gasteiger partial charge in [0.05, 0.1) is 27.0 Å². The van der Waals surface area contributed by atoms with E-state index in [1.165, 1.54) is 45.6 Å². The van der Waals surface area contributed by atoms with Crippen LogP contribution in [0.1, 0.15) is 18.4 Å². The molecule has 0 saturated carbocycles. The number of carbonyl (C=O) groups is 2. The van der Waals surface area contributed by atoms with Gasteiger partial charge < -0.3 is 29.7 Å². The van der Waals surface area contributed by atoms with Crippen LogP contribution < -0.4 is 24.8 Å². The van der Waals surface area contributed by atoms with Gasteiger partial charge in [0.25, 0.3) is 5.91 Å². The van der Waals surface area contributed by atoms with Gasteiger partial charge in [-0.15, -0.1) is 0 Å². The highest BCUT2D eigenvalue weighted by atomic mass is 19.1. The molecule has 2 aliphatic heterocycles. The fourth-order valence-electron chi connectivity index (χ4n) is 4.04. The third-order valence-electron chi connectivity index (χ3n) is 5.80. The Morgan fingerprint density at radius 3 is 2.21 bits per heavy atom. The Kier molecular flexibility index (Phi) is 6.08. The summed E-state index contributed by atoms with van der Waals surface area (Å²) in [6, 6.07) is 8.69. The first-order chi connectivity index (χ1) is 15.9. The summed E-state index contributed by atoms with van der Waals surface area (Å²) in [5.74, 6) is 0.627. The SMILES string of the molecule is COc1cc(NC(=O)N2CCC3(CC2)N=C(c2ccc(F)cc2)C(=O)N3)cc(OC)c1OC. The lowest BCUT2D eigenvalue weighted by Gasteiger charge is -2.37. The molecule has 1 spiro atoms. The fraction of sp³-hybridized carbons (Fsp3) is 0.348. The van der Waals surface area contributed by atoms with Gasteiger partial charge in [-0.2, -0.15) is 0 Å². The standard InChI is InChI=1S/C23H25FN4O5/c1-31-17-12-16(13-18(32-2)20(17)33-3)25-22(30)28-10-8-23(9-11-28)26-19(21(29)27-23)14-4-6-15(24)7-5-14/h4-7,12-13H,8-11H2,1-3H3,(H,25,30)(H,27,29). The maximum absolute atomic E-state index is 13.2. The van der Waals surface area contributed by atoms with E-state index in [1.54, 1.807) is 17.0 Å². The number of likely N-dealkylation sites (tertiary alicyclic amines) is 1. The lowest BCUT2D eigenvalue weighted by atomic mass is 9.98. The summed E-state index contributed by atoms with van der Waals surface area (Å²) in [5.41, 5.74) is 0.587. The summed E-state index contributed by atoms with van der Waals surface area (Å²) in [7, 11) is 4.52. The van der Waals surface area contributed by atoms with Crippen LogP contribution in [0.4, 0.5) is 14.9 Å². The van der Waals surface area contributed by atoms with Crippen LogP contribution in [-0.2, 0) is 4.79 Å². The van der Waals surface area contributed by atoms with Gasteiger partial charge in [-0.1, -0.05) is 0 Å². The zero-order chi connectivity index (χ0) is 23.6. The van der Waals surface area contributed by atoms with Crippen molar-refractivity contribution in [2.24, 2.45) is 4.99 Å². The largest absolute Gasteiger partial charge is 0.493 e. The Morgan fingerprint density at radius 2 is 1.67 bits per heavy atom. The normalized spacial score (nSPS) is 16.8. The van der Waals surface area contributed by atoms with Gasteiger partial charge >= 0.3 is 6.03 Å². The molecule has 0 aromatic heterocycles. The van der Waals surface area contributed by atoms with Crippen molar-refractivity contribution in [3.63, 3.8) is 0 Å². The van der Waals surface area contributed by atoms with Crippen molar-refractivity contribution in [2.75, 3.05) is 39.7 Å². The van der Waals surface area contributed by atoms with Crippen LogP contribution in [0.5, 0.6) is 17.2 Å². The maximum atomic E-state index is 13.2. The predicted octanol–water partition coefficient (Wildman–Crippen LogP) is 2.79. The molecule has 4 rings (SSSR count). The first-order valence-electron chi connectivity index (χ1n) is 10.4. The molecule has 1 saturated heterocycles. The van der Waals surface area contributed by atoms with Crippen LogP contribution in [0.2, 0.25) is 0 Å². The van der Waals surface area contributed by atoms with Gasteiger partial charge in [0, 0.05) is 43.6 Å². The Bertz CT molecular complexity index is 1070. The minimum absolute atomic E-state index is 0.283. The number of ether oxygens (including phenoxy) is 3. The van der Waals surface area contributed by atoms with Crippen LogP contribution in [0.15, 0.2) is 41.4 Å². The van der Waals surface area contributed by atoms with Crippen molar-refractivity contribution in [1.29, 1.82) is 0 Å². The molecular formula is C23H25FN4O5. The number of piperidine rings is 1. The summed E-state index contributed by atoms with van der Waals surface area (Å²) in [5, 5.41) is 5.80. The van der Waals surface area contributed by atoms with E-state index in [1.807, 2.05) is 0 Å². The molecule has 0 bridgehead atoms. The molecule has 33 heavy (non-hydrogen) atoms. The number of aliphatic imine (C=N–C) groups is 1. The predicted molar refractivity (Wildman–Crippen MR) is 120 cm³/mol. The van der Waals surface area contributed by atoms with Gasteiger partial charge in [0.2, 0.25) is 5.75 Å². The highest BCUT2D eigenvalue weighted by molar-refractivity contribution is 6.46. The molecule has 2 N–H and O–H groups in total. The highest BCUT2D eigenvalue weighted by Crippen LogP contribution is 2.40. The number of urea groups is 1. The van der Waals surface area contributed by atoms with E-state index in [2.05, 4.69) is 15.6 Å². The summed E-state index contributed by atoms with van der Waals surface area (Å²) >= 11 is 0. The molecule has 10 heteroatoms. The van der Waals surface area contributed by atoms with Crippen LogP contribution in [0, 0.1) is 5.82 Å². The first-order valence-corrected chi connectivity index (χ1v) is 10.4. The summed E-state index contributed by atoms with van der Waals surface area (Å²) in [6.07, 6.45) is 0.929. The van der Waals surface area contributed by atoms with E-state index in [-0.39, 0.29) is 23.5 Å². The van der Waals surface area contributed by atoms with Crippen LogP contribution in [-0.4, -0.2) is 62.6 Å². The van der Waals surface area contributed by atoms with Gasteiger partial charge in [-0.3, -0.25) is 9.79 Å². The number of nitrogens with one attached hydrogen (secondary N) is 2. The smallest absolute Gasteiger partial charge is 0.321 e. The van der Waals surface area contributed by atoms with Crippen molar-refractivity contribution in [1.82, 2.24) is 10.2 Å². The molecule has 174 valence electrons. The van der Waals surface area contributed by atoms with E-state index >= 15 is 0 Å². The number of hydrogen-bond donors (Lipinski definition) is 2. The zero-order valence-electron chi connectivity index (χ0n) is 18.6. The molecule has 0 radical (unpaired) electrons. The number of halogens is 1. The molecule has 0 atom stereocenters. The number of nitrogens with zero attached hydrogens (tertiary/aromatic N) is 2. The third-order valence-corrected chi connectivity index (χ3v) is 5.80. The molecule has 1 fully saturated rings. The molecule has 9 nitrogen and oxygen atoms in total. The number of methoxy groups -OCH3 is 3. The number of carbonyl (C=O) groups excluding carboxylic acids is 2. The van der Waals surface area contributed by atoms with E-state index in [9.17, 15) is 14.0 Å². The molecule has 0 aliphatic carbocycles. The molecule has 2 aromatic rings. The van der Waals surface area contributed by atoms with Crippen molar-refractivity contribution >= 4 is 23.3 Å². The Labute approximate surface area is 190 Å². The van der Waals surface area contributed by atoms with Crippen LogP contribution in [0.25, 0.3) is 0 Å². The lowest BCUT2D eigenvalue weighted by Crippen LogP contribution is -2.53. The second-order valence-corrected chi connectivity index (χ2v) is 7.78. The monoisotopic (exact) mass is 456 g/mol. The van der Waals surface area contributed by atoms with Crippen molar-refractivity contribution < 1.29 is 28.2 Å². The average Bonchev–Trinajstić information content (AvgIpc) is 3.14. The molecule has 2 aromatic carbocycles. The Hall–Kier alpha value is -3.82. The van der Waals surface area contributed by atoms with Crippen LogP contribution in [0.3, 0.4) is 0 Å². The number of amides is 3. The van der Waals surface area contributed by atoms with Crippen LogP contribution >= 0.6 is 0 Å². The molecule has 0 unspecified atom stereocenters. The van der Waals surface area contributed by atoms with Crippen molar-refractivity contribution in [2.45, 2.75) is 18.5 Å². The van der Waals surface area contributed by atoms with Gasteiger partial charge in [-0.05, 0) is 24.3 Å². The van der Waals surface area contributed by atoms with E-state index in [0.717, 1.165) is 0 Å². The van der Waals surface area contributed by atoms with E-state index in [4.69, 9.17) is 14.2 Å². The minimum atomic E-state index is -0.760. The second-order valence-electron chi connectivity index (χ2n) is 7.78. The number of hydrogen-bond acceptors (Lipinski definition) is 6.